The summed E-state index contributed by atoms with van der Waals surface area (Å²) in [5.41, 5.74) is 1.82. The number of fused-ring (bicyclic) bond motifs is 2. The lowest BCUT2D eigenvalue weighted by Crippen LogP contribution is -2.52. The molecule has 4 rings (SSSR count). The zero-order valence-corrected chi connectivity index (χ0v) is 12.5. The zero-order valence-electron chi connectivity index (χ0n) is 10.9. The highest BCUT2D eigenvalue weighted by Crippen LogP contribution is 2.49. The number of carbonyl (C=O) groups excluding carboxylic acids is 1. The standard InChI is InChI=1S/C14H13ClN2O2S/c1-19-10-5-11-8(4-7(10)15)16-9-6-14(2-3-14)17-13(18)12(9)20-11/h4-5,12H,2-3,6H2,1H3,(H,17,18). The van der Waals surface area contributed by atoms with Gasteiger partial charge < -0.3 is 10.1 Å². The quantitative estimate of drug-likeness (QED) is 0.868. The first-order chi connectivity index (χ1) is 9.60. The summed E-state index contributed by atoms with van der Waals surface area (Å²) < 4.78 is 5.22. The van der Waals surface area contributed by atoms with Crippen molar-refractivity contribution in [3.63, 3.8) is 0 Å². The molecule has 20 heavy (non-hydrogen) atoms. The van der Waals surface area contributed by atoms with E-state index in [0.29, 0.717) is 10.8 Å². The first-order valence-electron chi connectivity index (χ1n) is 6.54. The Balaban J connectivity index is 1.78. The van der Waals surface area contributed by atoms with Gasteiger partial charge in [0.05, 0.1) is 17.8 Å². The number of nitrogens with one attached hydrogen (secondary N) is 1. The number of benzene rings is 1. The van der Waals surface area contributed by atoms with E-state index in [1.807, 2.05) is 12.1 Å². The number of aliphatic imine (C=N–C) groups is 1. The lowest BCUT2D eigenvalue weighted by Gasteiger charge is -2.33. The minimum absolute atomic E-state index is 0.000739. The van der Waals surface area contributed by atoms with E-state index in [9.17, 15) is 4.79 Å². The number of thioether (sulfide) groups is 1. The molecular formula is C14H13ClN2O2S. The van der Waals surface area contributed by atoms with Gasteiger partial charge in [-0.1, -0.05) is 11.6 Å². The summed E-state index contributed by atoms with van der Waals surface area (Å²) in [6, 6.07) is 3.68. The van der Waals surface area contributed by atoms with Crippen molar-refractivity contribution in [2.45, 2.75) is 34.9 Å². The third kappa shape index (κ3) is 1.84. The topological polar surface area (TPSA) is 50.7 Å². The van der Waals surface area contributed by atoms with Crippen LogP contribution in [0.4, 0.5) is 5.69 Å². The molecule has 1 amide bonds. The molecule has 0 radical (unpaired) electrons. The highest BCUT2D eigenvalue weighted by atomic mass is 35.5. The number of ether oxygens (including phenoxy) is 1. The monoisotopic (exact) mass is 308 g/mol. The molecule has 2 aliphatic heterocycles. The minimum atomic E-state index is -0.209. The summed E-state index contributed by atoms with van der Waals surface area (Å²) in [6.45, 7) is 0. The largest absolute Gasteiger partial charge is 0.495 e. The van der Waals surface area contributed by atoms with Gasteiger partial charge in [0.1, 0.15) is 11.0 Å². The maximum Gasteiger partial charge on any atom is 0.239 e. The number of amides is 1. The number of hydrogen-bond donors (Lipinski definition) is 1. The van der Waals surface area contributed by atoms with E-state index in [0.717, 1.165) is 35.6 Å². The van der Waals surface area contributed by atoms with Crippen molar-refractivity contribution in [3.8, 4) is 5.75 Å². The van der Waals surface area contributed by atoms with Crippen molar-refractivity contribution in [3.05, 3.63) is 17.2 Å². The molecule has 1 N–H and O–H groups in total. The van der Waals surface area contributed by atoms with Gasteiger partial charge in [-0.2, -0.15) is 0 Å². The molecule has 2 fully saturated rings. The molecule has 3 aliphatic rings. The lowest BCUT2D eigenvalue weighted by atomic mass is 9.99. The van der Waals surface area contributed by atoms with Crippen molar-refractivity contribution in [2.75, 3.05) is 7.11 Å². The summed E-state index contributed by atoms with van der Waals surface area (Å²) in [4.78, 5) is 17.9. The zero-order chi connectivity index (χ0) is 13.9. The summed E-state index contributed by atoms with van der Waals surface area (Å²) in [5.74, 6) is 0.698. The van der Waals surface area contributed by atoms with E-state index >= 15 is 0 Å². The smallest absolute Gasteiger partial charge is 0.239 e. The van der Waals surface area contributed by atoms with Crippen LogP contribution in [0.1, 0.15) is 19.3 Å². The second kappa shape index (κ2) is 4.15. The number of hydrogen-bond acceptors (Lipinski definition) is 4. The Morgan fingerprint density at radius 3 is 3.00 bits per heavy atom. The Labute approximate surface area is 125 Å². The average Bonchev–Trinajstić information content (AvgIpc) is 3.15. The number of carbonyl (C=O) groups is 1. The number of methoxy groups -OCH3 is 1. The fourth-order valence-electron chi connectivity index (χ4n) is 2.78. The van der Waals surface area contributed by atoms with Crippen LogP contribution in [0.2, 0.25) is 5.02 Å². The molecule has 1 spiro atoms. The Hall–Kier alpha value is -1.20. The molecule has 1 saturated heterocycles. The van der Waals surface area contributed by atoms with E-state index in [1.54, 1.807) is 7.11 Å². The van der Waals surface area contributed by atoms with Gasteiger partial charge in [-0.15, -0.1) is 11.8 Å². The van der Waals surface area contributed by atoms with Crippen LogP contribution in [-0.4, -0.2) is 29.5 Å². The van der Waals surface area contributed by atoms with Crippen molar-refractivity contribution >= 4 is 40.7 Å². The summed E-state index contributed by atoms with van der Waals surface area (Å²) >= 11 is 7.69. The Morgan fingerprint density at radius 1 is 1.50 bits per heavy atom. The number of nitrogens with zero attached hydrogens (tertiary/aromatic N) is 1. The molecule has 0 bridgehead atoms. The highest BCUT2D eigenvalue weighted by Gasteiger charge is 2.52. The first kappa shape index (κ1) is 12.5. The fraction of sp³-hybridized carbons (Fsp3) is 0.429. The molecule has 1 aromatic rings. The summed E-state index contributed by atoms with van der Waals surface area (Å²) in [7, 11) is 1.58. The normalized spacial score (nSPS) is 25.4. The van der Waals surface area contributed by atoms with Crippen molar-refractivity contribution < 1.29 is 9.53 Å². The Kier molecular flexibility index (Phi) is 2.60. The number of piperidine rings is 1. The van der Waals surface area contributed by atoms with Crippen molar-refractivity contribution in [1.82, 2.24) is 5.32 Å². The van der Waals surface area contributed by atoms with Gasteiger partial charge in [-0.3, -0.25) is 9.79 Å². The van der Waals surface area contributed by atoms with E-state index < -0.39 is 0 Å². The van der Waals surface area contributed by atoms with E-state index in [2.05, 4.69) is 10.3 Å². The predicted octanol–water partition coefficient (Wildman–Crippen LogP) is 2.95. The second-order valence-electron chi connectivity index (χ2n) is 5.50. The molecule has 1 aromatic carbocycles. The van der Waals surface area contributed by atoms with Gasteiger partial charge >= 0.3 is 0 Å². The average molecular weight is 309 g/mol. The van der Waals surface area contributed by atoms with Gasteiger partial charge in [0, 0.05) is 22.6 Å². The summed E-state index contributed by atoms with van der Waals surface area (Å²) in [5, 5.41) is 3.48. The number of halogens is 1. The maximum absolute atomic E-state index is 12.2. The third-order valence-electron chi connectivity index (χ3n) is 4.04. The van der Waals surface area contributed by atoms with E-state index in [-0.39, 0.29) is 16.7 Å². The van der Waals surface area contributed by atoms with Gasteiger partial charge in [-0.05, 0) is 25.0 Å². The van der Waals surface area contributed by atoms with Crippen LogP contribution in [-0.2, 0) is 4.79 Å². The van der Waals surface area contributed by atoms with Gasteiger partial charge in [0.2, 0.25) is 5.91 Å². The number of rotatable bonds is 1. The highest BCUT2D eigenvalue weighted by molar-refractivity contribution is 8.01. The lowest BCUT2D eigenvalue weighted by molar-refractivity contribution is -0.121. The van der Waals surface area contributed by atoms with E-state index in [4.69, 9.17) is 16.3 Å². The van der Waals surface area contributed by atoms with Crippen LogP contribution >= 0.6 is 23.4 Å². The second-order valence-corrected chi connectivity index (χ2v) is 7.06. The molecule has 0 aromatic heterocycles. The first-order valence-corrected chi connectivity index (χ1v) is 7.80. The Bertz CT molecular complexity index is 655. The predicted molar refractivity (Wildman–Crippen MR) is 79.5 cm³/mol. The van der Waals surface area contributed by atoms with Crippen LogP contribution in [0.3, 0.4) is 0 Å². The van der Waals surface area contributed by atoms with Crippen molar-refractivity contribution in [2.24, 2.45) is 4.99 Å². The van der Waals surface area contributed by atoms with Crippen LogP contribution in [0.25, 0.3) is 0 Å². The van der Waals surface area contributed by atoms with Gasteiger partial charge in [-0.25, -0.2) is 0 Å². The maximum atomic E-state index is 12.2. The van der Waals surface area contributed by atoms with Crippen LogP contribution in [0.15, 0.2) is 22.0 Å². The van der Waals surface area contributed by atoms with Crippen molar-refractivity contribution in [1.29, 1.82) is 0 Å². The van der Waals surface area contributed by atoms with E-state index in [1.165, 1.54) is 11.8 Å². The molecular weight excluding hydrogens is 296 g/mol. The van der Waals surface area contributed by atoms with Gasteiger partial charge in [0.25, 0.3) is 0 Å². The molecule has 1 atom stereocenters. The molecule has 6 heteroatoms. The molecule has 1 aliphatic carbocycles. The van der Waals surface area contributed by atoms with Gasteiger partial charge in [0.15, 0.2) is 0 Å². The molecule has 1 unspecified atom stereocenters. The third-order valence-corrected chi connectivity index (χ3v) is 5.64. The molecule has 4 nitrogen and oxygen atoms in total. The van der Waals surface area contributed by atoms with Crippen LogP contribution in [0.5, 0.6) is 5.75 Å². The molecule has 104 valence electrons. The Morgan fingerprint density at radius 2 is 2.30 bits per heavy atom. The SMILES string of the molecule is COc1cc2c(cc1Cl)N=C1CC3(CC3)NC(=O)C1S2. The molecule has 2 heterocycles. The minimum Gasteiger partial charge on any atom is -0.495 e. The fourth-order valence-corrected chi connectivity index (χ4v) is 4.11. The molecule has 1 saturated carbocycles. The summed E-state index contributed by atoms with van der Waals surface area (Å²) in [6.07, 6.45) is 2.98. The van der Waals surface area contributed by atoms with Crippen LogP contribution in [0, 0.1) is 0 Å². The van der Waals surface area contributed by atoms with Crippen LogP contribution < -0.4 is 10.1 Å².